The van der Waals surface area contributed by atoms with Crippen LogP contribution >= 0.6 is 0 Å². The first-order chi connectivity index (χ1) is 20.6. The zero-order valence-corrected chi connectivity index (χ0v) is 22.2. The highest BCUT2D eigenvalue weighted by atomic mass is 14.8. The van der Waals surface area contributed by atoms with E-state index in [2.05, 4.69) is 40.3 Å². The Morgan fingerprint density at radius 3 is 1.05 bits per heavy atom. The fraction of sp³-hybridized carbons (Fsp3) is 0. The molecule has 0 unspecified atom stereocenters. The standard InChI is InChI=1S/C36H20N6/c37-19-22-1-7-25(8-2-22)34-28-13-15-30(40-28)35(26-9-3-23(20-38)4-10-26)32-17-18-33(42-32)36(31-16-14-29(34)41-31)27-11-5-24(21-39)6-12-27/h1-18,40-41H. The van der Waals surface area contributed by atoms with Gasteiger partial charge < -0.3 is 9.97 Å². The summed E-state index contributed by atoms with van der Waals surface area (Å²) in [4.78, 5) is 12.4. The summed E-state index contributed by atoms with van der Waals surface area (Å²) in [5.41, 5.74) is 12.6. The average Bonchev–Trinajstić information content (AvgIpc) is 3.82. The van der Waals surface area contributed by atoms with Gasteiger partial charge >= 0.3 is 0 Å². The van der Waals surface area contributed by atoms with E-state index in [-0.39, 0.29) is 0 Å². The zero-order chi connectivity index (χ0) is 28.6. The van der Waals surface area contributed by atoms with Gasteiger partial charge in [-0.1, -0.05) is 36.4 Å². The van der Waals surface area contributed by atoms with Crippen molar-refractivity contribution in [3.8, 4) is 51.6 Å². The highest BCUT2D eigenvalue weighted by Crippen LogP contribution is 2.37. The van der Waals surface area contributed by atoms with Crippen LogP contribution in [0.3, 0.4) is 0 Å². The van der Waals surface area contributed by atoms with Gasteiger partial charge in [0.1, 0.15) is 0 Å². The van der Waals surface area contributed by atoms with Gasteiger partial charge in [-0.3, -0.25) is 0 Å². The van der Waals surface area contributed by atoms with Crippen molar-refractivity contribution >= 4 is 34.2 Å². The van der Waals surface area contributed by atoms with Crippen LogP contribution in [0.25, 0.3) is 67.6 Å². The quantitative estimate of drug-likeness (QED) is 0.236. The third-order valence-electron chi connectivity index (χ3n) is 7.51. The number of hydrogen-bond acceptors (Lipinski definition) is 4. The maximum Gasteiger partial charge on any atom is 0.0991 e. The van der Waals surface area contributed by atoms with Gasteiger partial charge in [-0.05, 0) is 89.5 Å². The number of aromatic nitrogens is 3. The minimum atomic E-state index is 0.588. The number of benzene rings is 3. The van der Waals surface area contributed by atoms with Gasteiger partial charge in [0.2, 0.25) is 0 Å². The van der Waals surface area contributed by atoms with Crippen LogP contribution in [-0.4, -0.2) is 15.0 Å². The minimum Gasteiger partial charge on any atom is -0.354 e. The van der Waals surface area contributed by atoms with E-state index in [1.807, 2.05) is 97.1 Å². The Balaban J connectivity index is 1.62. The molecule has 42 heavy (non-hydrogen) atoms. The maximum atomic E-state index is 9.37. The molecule has 6 aromatic rings. The first-order valence-corrected chi connectivity index (χ1v) is 13.3. The molecule has 0 fully saturated rings. The third kappa shape index (κ3) is 4.16. The number of hydrogen-bond donors (Lipinski definition) is 2. The normalized spacial score (nSPS) is 11.2. The van der Waals surface area contributed by atoms with E-state index in [9.17, 15) is 15.8 Å². The van der Waals surface area contributed by atoms with Crippen LogP contribution in [0.4, 0.5) is 0 Å². The SMILES string of the molecule is N#Cc1ccc(-c2c3nc(c(-c4ccc(C#N)cc4)c4ccc([nH]4)c(-c4ccc(C#N)cc4)c4ccc2[nH]4)C=C3)cc1. The highest BCUT2D eigenvalue weighted by molar-refractivity contribution is 6.00. The lowest BCUT2D eigenvalue weighted by atomic mass is 10.0. The van der Waals surface area contributed by atoms with Crippen molar-refractivity contribution in [2.45, 2.75) is 0 Å². The molecule has 194 valence electrons. The lowest BCUT2D eigenvalue weighted by Crippen LogP contribution is -1.89. The fourth-order valence-corrected chi connectivity index (χ4v) is 5.49. The molecule has 0 amide bonds. The molecule has 0 atom stereocenters. The molecule has 4 heterocycles. The summed E-state index contributed by atoms with van der Waals surface area (Å²) in [5.74, 6) is 0. The van der Waals surface area contributed by atoms with Gasteiger partial charge in [0.25, 0.3) is 0 Å². The Labute approximate surface area is 241 Å². The van der Waals surface area contributed by atoms with Gasteiger partial charge in [0.15, 0.2) is 0 Å². The number of rotatable bonds is 3. The molecule has 6 nitrogen and oxygen atoms in total. The van der Waals surface area contributed by atoms with Gasteiger partial charge in [-0.15, -0.1) is 0 Å². The molecule has 3 aromatic heterocycles. The Morgan fingerprint density at radius 2 is 0.714 bits per heavy atom. The molecule has 3 aromatic carbocycles. The van der Waals surface area contributed by atoms with Gasteiger partial charge in [0, 0.05) is 38.8 Å². The molecule has 6 heteroatoms. The predicted molar refractivity (Wildman–Crippen MR) is 165 cm³/mol. The molecule has 0 saturated carbocycles. The summed E-state index contributed by atoms with van der Waals surface area (Å²) >= 11 is 0. The summed E-state index contributed by atoms with van der Waals surface area (Å²) in [6, 6.07) is 37.4. The average molecular weight is 537 g/mol. The Bertz CT molecular complexity index is 2110. The number of nitriles is 3. The van der Waals surface area contributed by atoms with Crippen molar-refractivity contribution in [2.75, 3.05) is 0 Å². The Hall–Kier alpha value is -6.42. The second-order valence-electron chi connectivity index (χ2n) is 9.98. The van der Waals surface area contributed by atoms with Crippen molar-refractivity contribution in [2.24, 2.45) is 0 Å². The van der Waals surface area contributed by atoms with Crippen LogP contribution in [-0.2, 0) is 0 Å². The molecular formula is C36H20N6. The van der Waals surface area contributed by atoms with Crippen molar-refractivity contribution in [3.05, 3.63) is 125 Å². The van der Waals surface area contributed by atoms with Crippen LogP contribution in [0.1, 0.15) is 28.1 Å². The molecule has 0 saturated heterocycles. The van der Waals surface area contributed by atoms with Gasteiger partial charge in [-0.25, -0.2) is 4.98 Å². The minimum absolute atomic E-state index is 0.588. The number of nitrogens with zero attached hydrogens (tertiary/aromatic N) is 4. The summed E-state index contributed by atoms with van der Waals surface area (Å²) in [5, 5.41) is 28.1. The Kier molecular flexibility index (Phi) is 5.83. The molecule has 0 radical (unpaired) electrons. The van der Waals surface area contributed by atoms with E-state index in [1.54, 1.807) is 0 Å². The van der Waals surface area contributed by atoms with Crippen molar-refractivity contribution in [1.82, 2.24) is 15.0 Å². The lowest BCUT2D eigenvalue weighted by molar-refractivity contribution is 1.32. The number of H-pyrrole nitrogens is 2. The summed E-state index contributed by atoms with van der Waals surface area (Å²) in [6.45, 7) is 0. The monoisotopic (exact) mass is 536 g/mol. The first-order valence-electron chi connectivity index (χ1n) is 13.3. The van der Waals surface area contributed by atoms with E-state index < -0.39 is 0 Å². The number of nitrogens with one attached hydrogen (secondary N) is 2. The molecule has 2 N–H and O–H groups in total. The van der Waals surface area contributed by atoms with Crippen LogP contribution < -0.4 is 0 Å². The molecule has 7 rings (SSSR count). The second-order valence-corrected chi connectivity index (χ2v) is 9.98. The van der Waals surface area contributed by atoms with Crippen LogP contribution in [0.15, 0.2) is 97.1 Å². The number of aromatic amines is 2. The molecule has 1 aliphatic heterocycles. The first kappa shape index (κ1) is 24.6. The summed E-state index contributed by atoms with van der Waals surface area (Å²) < 4.78 is 0. The third-order valence-corrected chi connectivity index (χ3v) is 7.51. The largest absolute Gasteiger partial charge is 0.354 e. The van der Waals surface area contributed by atoms with Crippen molar-refractivity contribution in [1.29, 1.82) is 15.8 Å². The highest BCUT2D eigenvalue weighted by Gasteiger charge is 2.17. The second kappa shape index (κ2) is 9.96. The molecule has 6 bridgehead atoms. The van der Waals surface area contributed by atoms with E-state index in [1.165, 1.54) is 0 Å². The van der Waals surface area contributed by atoms with E-state index in [4.69, 9.17) is 4.98 Å². The maximum absolute atomic E-state index is 9.37. The van der Waals surface area contributed by atoms with Crippen LogP contribution in [0.2, 0.25) is 0 Å². The van der Waals surface area contributed by atoms with Crippen LogP contribution in [0.5, 0.6) is 0 Å². The molecule has 1 aliphatic rings. The Morgan fingerprint density at radius 1 is 0.405 bits per heavy atom. The topological polar surface area (TPSA) is 116 Å². The van der Waals surface area contributed by atoms with Gasteiger partial charge in [0.05, 0.1) is 46.3 Å². The van der Waals surface area contributed by atoms with Crippen molar-refractivity contribution < 1.29 is 0 Å². The predicted octanol–water partition coefficient (Wildman–Crippen LogP) is 8.27. The van der Waals surface area contributed by atoms with E-state index >= 15 is 0 Å². The van der Waals surface area contributed by atoms with Crippen molar-refractivity contribution in [3.63, 3.8) is 0 Å². The lowest BCUT2D eigenvalue weighted by Gasteiger charge is -2.07. The van der Waals surface area contributed by atoms with E-state index in [0.717, 1.165) is 66.8 Å². The van der Waals surface area contributed by atoms with Crippen LogP contribution in [0, 0.1) is 34.0 Å². The molecular weight excluding hydrogens is 516 g/mol. The summed E-state index contributed by atoms with van der Waals surface area (Å²) in [6.07, 6.45) is 4.03. The molecule has 0 aliphatic carbocycles. The number of fused-ring (bicyclic) bond motifs is 6. The van der Waals surface area contributed by atoms with Gasteiger partial charge in [-0.2, -0.15) is 15.8 Å². The summed E-state index contributed by atoms with van der Waals surface area (Å²) in [7, 11) is 0. The molecule has 0 spiro atoms. The van der Waals surface area contributed by atoms with E-state index in [0.29, 0.717) is 16.7 Å². The zero-order valence-electron chi connectivity index (χ0n) is 22.2. The smallest absolute Gasteiger partial charge is 0.0991 e. The fourth-order valence-electron chi connectivity index (χ4n) is 5.49.